The number of nitrogens with one attached hydrogen (secondary N) is 1. The maximum atomic E-state index is 11.9. The highest BCUT2D eigenvalue weighted by atomic mass is 16.6. The van der Waals surface area contributed by atoms with Gasteiger partial charge in [-0.2, -0.15) is 0 Å². The van der Waals surface area contributed by atoms with Crippen LogP contribution in [-0.2, 0) is 14.4 Å². The van der Waals surface area contributed by atoms with E-state index in [1.807, 2.05) is 0 Å². The fourth-order valence-corrected chi connectivity index (χ4v) is 2.77. The van der Waals surface area contributed by atoms with Gasteiger partial charge < -0.3 is 5.32 Å². The van der Waals surface area contributed by atoms with E-state index in [1.165, 1.54) is 29.2 Å². The lowest BCUT2D eigenvalue weighted by atomic mass is 10.1. The van der Waals surface area contributed by atoms with Gasteiger partial charge in [0, 0.05) is 44.1 Å². The van der Waals surface area contributed by atoms with Crippen molar-refractivity contribution in [2.24, 2.45) is 0 Å². The first-order chi connectivity index (χ1) is 13.0. The molecular weight excluding hydrogens is 350 g/mol. The van der Waals surface area contributed by atoms with Crippen LogP contribution < -0.4 is 5.32 Å². The zero-order valence-electron chi connectivity index (χ0n) is 15.1. The number of imide groups is 1. The summed E-state index contributed by atoms with van der Waals surface area (Å²) >= 11 is 0. The SMILES string of the molecule is O=C(/C=C/c1cccc([N+](=O)[O-])c1)N1CCCCC1=O.O=C1CCCCN1. The number of piperidine rings is 2. The lowest BCUT2D eigenvalue weighted by Gasteiger charge is -2.23. The summed E-state index contributed by atoms with van der Waals surface area (Å²) in [7, 11) is 0. The second-order valence-corrected chi connectivity index (χ2v) is 6.33. The number of amides is 3. The molecule has 8 nitrogen and oxygen atoms in total. The molecule has 0 unspecified atom stereocenters. The van der Waals surface area contributed by atoms with Crippen LogP contribution in [0.1, 0.15) is 44.1 Å². The Bertz CT molecular complexity index is 737. The molecule has 2 aliphatic heterocycles. The van der Waals surface area contributed by atoms with E-state index in [2.05, 4.69) is 5.32 Å². The molecule has 3 rings (SSSR count). The number of likely N-dealkylation sites (tertiary alicyclic amines) is 1. The minimum atomic E-state index is -0.493. The molecular formula is C19H23N3O5. The zero-order valence-corrected chi connectivity index (χ0v) is 15.1. The molecule has 1 N–H and O–H groups in total. The molecule has 8 heteroatoms. The van der Waals surface area contributed by atoms with E-state index < -0.39 is 4.92 Å². The molecule has 0 radical (unpaired) electrons. The molecule has 0 aromatic heterocycles. The number of nitro groups is 1. The van der Waals surface area contributed by atoms with E-state index in [-0.39, 0.29) is 23.4 Å². The minimum absolute atomic E-state index is 0.0337. The Balaban J connectivity index is 0.000000313. The number of non-ortho nitro benzene ring substituents is 1. The number of hydrogen-bond acceptors (Lipinski definition) is 5. The summed E-state index contributed by atoms with van der Waals surface area (Å²) in [5.74, 6) is -0.322. The van der Waals surface area contributed by atoms with Gasteiger partial charge in [0.15, 0.2) is 0 Å². The minimum Gasteiger partial charge on any atom is -0.356 e. The predicted octanol–water partition coefficient (Wildman–Crippen LogP) is 2.43. The first-order valence-corrected chi connectivity index (χ1v) is 9.01. The van der Waals surface area contributed by atoms with E-state index in [0.717, 1.165) is 38.6 Å². The number of carbonyl (C=O) groups excluding carboxylic acids is 3. The van der Waals surface area contributed by atoms with E-state index >= 15 is 0 Å². The van der Waals surface area contributed by atoms with Crippen LogP contribution in [0.2, 0.25) is 0 Å². The largest absolute Gasteiger partial charge is 0.356 e. The van der Waals surface area contributed by atoms with Gasteiger partial charge in [-0.1, -0.05) is 12.1 Å². The Morgan fingerprint density at radius 1 is 1.15 bits per heavy atom. The summed E-state index contributed by atoms with van der Waals surface area (Å²) < 4.78 is 0. The second-order valence-electron chi connectivity index (χ2n) is 6.33. The monoisotopic (exact) mass is 373 g/mol. The molecule has 2 aliphatic rings. The van der Waals surface area contributed by atoms with Crippen molar-refractivity contribution in [3.63, 3.8) is 0 Å². The molecule has 2 heterocycles. The molecule has 3 amide bonds. The van der Waals surface area contributed by atoms with Crippen LogP contribution in [0.4, 0.5) is 5.69 Å². The van der Waals surface area contributed by atoms with Gasteiger partial charge >= 0.3 is 0 Å². The molecule has 0 spiro atoms. The van der Waals surface area contributed by atoms with Crippen molar-refractivity contribution in [2.75, 3.05) is 13.1 Å². The first-order valence-electron chi connectivity index (χ1n) is 9.01. The third-order valence-electron chi connectivity index (χ3n) is 4.24. The van der Waals surface area contributed by atoms with E-state index in [0.29, 0.717) is 18.5 Å². The molecule has 1 aromatic rings. The highest BCUT2D eigenvalue weighted by Gasteiger charge is 2.22. The molecule has 0 aliphatic carbocycles. The van der Waals surface area contributed by atoms with Crippen molar-refractivity contribution in [2.45, 2.75) is 38.5 Å². The Morgan fingerprint density at radius 2 is 1.93 bits per heavy atom. The summed E-state index contributed by atoms with van der Waals surface area (Å²) in [5.41, 5.74) is 0.519. The van der Waals surface area contributed by atoms with Gasteiger partial charge in [-0.25, -0.2) is 0 Å². The van der Waals surface area contributed by atoms with Crippen LogP contribution in [0.5, 0.6) is 0 Å². The summed E-state index contributed by atoms with van der Waals surface area (Å²) in [5, 5.41) is 13.4. The Labute approximate surface area is 157 Å². The van der Waals surface area contributed by atoms with Crippen molar-refractivity contribution in [3.05, 3.63) is 46.0 Å². The number of rotatable bonds is 3. The first kappa shape index (κ1) is 20.3. The number of nitrogens with zero attached hydrogens (tertiary/aromatic N) is 2. The van der Waals surface area contributed by atoms with E-state index in [1.54, 1.807) is 12.1 Å². The van der Waals surface area contributed by atoms with Crippen LogP contribution in [-0.4, -0.2) is 40.6 Å². The maximum Gasteiger partial charge on any atom is 0.270 e. The van der Waals surface area contributed by atoms with E-state index in [4.69, 9.17) is 0 Å². The van der Waals surface area contributed by atoms with Gasteiger partial charge in [0.1, 0.15) is 0 Å². The topological polar surface area (TPSA) is 110 Å². The highest BCUT2D eigenvalue weighted by molar-refractivity contribution is 6.03. The maximum absolute atomic E-state index is 11.9. The second kappa shape index (κ2) is 10.2. The van der Waals surface area contributed by atoms with Crippen LogP contribution in [0.25, 0.3) is 6.08 Å². The molecule has 27 heavy (non-hydrogen) atoms. The predicted molar refractivity (Wildman–Crippen MR) is 99.6 cm³/mol. The number of carbonyl (C=O) groups is 3. The summed E-state index contributed by atoms with van der Waals surface area (Å²) in [4.78, 5) is 45.2. The van der Waals surface area contributed by atoms with Gasteiger partial charge in [-0.3, -0.25) is 29.4 Å². The molecule has 0 bridgehead atoms. The summed E-state index contributed by atoms with van der Waals surface area (Å²) in [6.45, 7) is 1.33. The summed E-state index contributed by atoms with van der Waals surface area (Å²) in [6, 6.07) is 5.97. The zero-order chi connectivity index (χ0) is 19.6. The Morgan fingerprint density at radius 3 is 2.52 bits per heavy atom. The van der Waals surface area contributed by atoms with Crippen molar-refractivity contribution < 1.29 is 19.3 Å². The summed E-state index contributed by atoms with van der Waals surface area (Å²) in [6.07, 6.45) is 7.77. The Kier molecular flexibility index (Phi) is 7.66. The third kappa shape index (κ3) is 6.65. The van der Waals surface area contributed by atoms with Crippen LogP contribution in [0, 0.1) is 10.1 Å². The van der Waals surface area contributed by atoms with Crippen LogP contribution in [0.15, 0.2) is 30.3 Å². The highest BCUT2D eigenvalue weighted by Crippen LogP contribution is 2.15. The molecule has 2 fully saturated rings. The van der Waals surface area contributed by atoms with Gasteiger partial charge in [0.2, 0.25) is 11.8 Å². The molecule has 0 saturated carbocycles. The number of nitro benzene ring substituents is 1. The number of benzene rings is 1. The fourth-order valence-electron chi connectivity index (χ4n) is 2.77. The fraction of sp³-hybridized carbons (Fsp3) is 0.421. The van der Waals surface area contributed by atoms with Crippen molar-refractivity contribution >= 4 is 29.5 Å². The lowest BCUT2D eigenvalue weighted by Crippen LogP contribution is -2.39. The standard InChI is InChI=1S/C14H14N2O4.C5H9NO/c17-13-6-1-2-9-15(13)14(18)8-7-11-4-3-5-12(10-11)16(19)20;7-5-3-1-2-4-6-5/h3-5,7-8,10H,1-2,6,9H2;1-4H2,(H,6,7)/b8-7+;. The molecule has 144 valence electrons. The normalized spacial score (nSPS) is 17.1. The smallest absolute Gasteiger partial charge is 0.270 e. The molecule has 1 aromatic carbocycles. The molecule has 2 saturated heterocycles. The average Bonchev–Trinajstić information content (AvgIpc) is 2.68. The Hall–Kier alpha value is -3.03. The number of hydrogen-bond donors (Lipinski definition) is 1. The van der Waals surface area contributed by atoms with E-state index in [9.17, 15) is 24.5 Å². The molecule has 0 atom stereocenters. The van der Waals surface area contributed by atoms with Crippen LogP contribution in [0.3, 0.4) is 0 Å². The van der Waals surface area contributed by atoms with Gasteiger partial charge in [-0.15, -0.1) is 0 Å². The quantitative estimate of drug-likeness (QED) is 0.497. The van der Waals surface area contributed by atoms with Crippen LogP contribution >= 0.6 is 0 Å². The van der Waals surface area contributed by atoms with Crippen molar-refractivity contribution in [3.8, 4) is 0 Å². The van der Waals surface area contributed by atoms with Crippen molar-refractivity contribution in [1.82, 2.24) is 10.2 Å². The lowest BCUT2D eigenvalue weighted by molar-refractivity contribution is -0.384. The third-order valence-corrected chi connectivity index (χ3v) is 4.24. The van der Waals surface area contributed by atoms with Gasteiger partial charge in [0.25, 0.3) is 11.6 Å². The van der Waals surface area contributed by atoms with Gasteiger partial charge in [-0.05, 0) is 37.3 Å². The van der Waals surface area contributed by atoms with Crippen molar-refractivity contribution in [1.29, 1.82) is 0 Å². The average molecular weight is 373 g/mol. The van der Waals surface area contributed by atoms with Gasteiger partial charge in [0.05, 0.1) is 4.92 Å².